The van der Waals surface area contributed by atoms with Crippen LogP contribution in [0.5, 0.6) is 5.88 Å². The average Bonchev–Trinajstić information content (AvgIpc) is 3.47. The first kappa shape index (κ1) is 19.9. The van der Waals surface area contributed by atoms with Crippen molar-refractivity contribution in [3.05, 3.63) is 29.6 Å². The molecule has 2 N–H and O–H groups in total. The van der Waals surface area contributed by atoms with Crippen molar-refractivity contribution >= 4 is 17.1 Å². The van der Waals surface area contributed by atoms with Crippen LogP contribution in [0, 0.1) is 29.6 Å². The van der Waals surface area contributed by atoms with Crippen molar-refractivity contribution in [1.82, 2.24) is 20.3 Å². The Labute approximate surface area is 172 Å². The molecular weight excluding hydrogens is 364 g/mol. The molecule has 0 radical (unpaired) electrons. The van der Waals surface area contributed by atoms with Gasteiger partial charge in [-0.1, -0.05) is 25.5 Å². The zero-order valence-corrected chi connectivity index (χ0v) is 17.9. The Morgan fingerprint density at radius 2 is 2.10 bits per heavy atom. The quantitative estimate of drug-likeness (QED) is 0.696. The van der Waals surface area contributed by atoms with E-state index in [0.717, 1.165) is 43.6 Å². The van der Waals surface area contributed by atoms with Gasteiger partial charge < -0.3 is 15.0 Å². The number of methoxy groups -OCH3 is 1. The van der Waals surface area contributed by atoms with Crippen LogP contribution >= 0.6 is 0 Å². The van der Waals surface area contributed by atoms with Gasteiger partial charge in [-0.25, -0.2) is 4.98 Å². The van der Waals surface area contributed by atoms with Crippen LogP contribution in [0.15, 0.2) is 23.8 Å². The molecule has 0 aliphatic heterocycles. The number of amides is 1. The molecule has 0 unspecified atom stereocenters. The largest absolute Gasteiger partial charge is 0.481 e. The van der Waals surface area contributed by atoms with E-state index in [4.69, 9.17) is 9.72 Å². The van der Waals surface area contributed by atoms with Gasteiger partial charge in [0.05, 0.1) is 12.6 Å². The number of pyridine rings is 1. The third kappa shape index (κ3) is 4.46. The molecule has 0 spiro atoms. The summed E-state index contributed by atoms with van der Waals surface area (Å²) in [4.78, 5) is 24.6. The Hall–Kier alpha value is -2.37. The summed E-state index contributed by atoms with van der Waals surface area (Å²) in [6, 6.07) is 3.82. The number of allylic oxidation sites excluding steroid dienone is 1. The van der Waals surface area contributed by atoms with E-state index in [0.29, 0.717) is 35.2 Å². The van der Waals surface area contributed by atoms with E-state index in [2.05, 4.69) is 42.1 Å². The van der Waals surface area contributed by atoms with Crippen molar-refractivity contribution in [3.8, 4) is 5.88 Å². The minimum atomic E-state index is 0.242. The lowest BCUT2D eigenvalue weighted by Gasteiger charge is -2.37. The molecule has 2 heterocycles. The summed E-state index contributed by atoms with van der Waals surface area (Å²) in [6.07, 6.45) is 6.51. The highest BCUT2D eigenvalue weighted by atomic mass is 16.5. The van der Waals surface area contributed by atoms with Crippen LogP contribution in [0.4, 0.5) is 0 Å². The van der Waals surface area contributed by atoms with E-state index in [9.17, 15) is 4.79 Å². The minimum Gasteiger partial charge on any atom is -0.481 e. The molecule has 2 aliphatic rings. The van der Waals surface area contributed by atoms with Crippen LogP contribution in [-0.4, -0.2) is 34.5 Å². The number of nitrogens with one attached hydrogen (secondary N) is 2. The second kappa shape index (κ2) is 8.17. The van der Waals surface area contributed by atoms with Crippen molar-refractivity contribution in [3.63, 3.8) is 0 Å². The van der Waals surface area contributed by atoms with Gasteiger partial charge in [0.25, 0.3) is 0 Å². The molecule has 1 amide bonds. The number of hydrogen-bond donors (Lipinski definition) is 2. The molecule has 2 aliphatic carbocycles. The molecular formula is C23H32N4O2. The molecule has 1 saturated carbocycles. The number of carbonyl (C=O) groups is 1. The van der Waals surface area contributed by atoms with E-state index >= 15 is 0 Å². The lowest BCUT2D eigenvalue weighted by molar-refractivity contribution is -0.122. The van der Waals surface area contributed by atoms with Crippen LogP contribution in [0.25, 0.3) is 11.2 Å². The molecule has 29 heavy (non-hydrogen) atoms. The monoisotopic (exact) mass is 396 g/mol. The minimum absolute atomic E-state index is 0.242. The van der Waals surface area contributed by atoms with Crippen LogP contribution in [-0.2, 0) is 11.2 Å². The number of hydrogen-bond acceptors (Lipinski definition) is 4. The van der Waals surface area contributed by atoms with E-state index in [-0.39, 0.29) is 11.8 Å². The third-order valence-electron chi connectivity index (χ3n) is 6.56. The highest BCUT2D eigenvalue weighted by molar-refractivity contribution is 5.80. The zero-order valence-electron chi connectivity index (χ0n) is 17.9. The molecule has 0 bridgehead atoms. The summed E-state index contributed by atoms with van der Waals surface area (Å²) in [5.41, 5.74) is 3.05. The van der Waals surface area contributed by atoms with Gasteiger partial charge in [0.15, 0.2) is 5.65 Å². The summed E-state index contributed by atoms with van der Waals surface area (Å²) in [5.74, 6) is 4.08. The highest BCUT2D eigenvalue weighted by Gasteiger charge is 2.34. The number of ether oxygens (including phenoxy) is 1. The fourth-order valence-corrected chi connectivity index (χ4v) is 4.58. The van der Waals surface area contributed by atoms with Gasteiger partial charge in [-0.05, 0) is 55.9 Å². The molecule has 4 rings (SSSR count). The lowest BCUT2D eigenvalue weighted by Crippen LogP contribution is -2.37. The van der Waals surface area contributed by atoms with Gasteiger partial charge in [-0.3, -0.25) is 4.79 Å². The summed E-state index contributed by atoms with van der Waals surface area (Å²) in [6.45, 7) is 7.57. The van der Waals surface area contributed by atoms with Gasteiger partial charge in [0.2, 0.25) is 11.8 Å². The first-order valence-corrected chi connectivity index (χ1v) is 10.8. The maximum atomic E-state index is 12.1. The van der Waals surface area contributed by atoms with Crippen molar-refractivity contribution < 1.29 is 9.53 Å². The summed E-state index contributed by atoms with van der Waals surface area (Å²) < 4.78 is 5.21. The maximum Gasteiger partial charge on any atom is 0.223 e. The van der Waals surface area contributed by atoms with Crippen LogP contribution in [0.1, 0.15) is 45.9 Å². The van der Waals surface area contributed by atoms with Crippen molar-refractivity contribution in [2.75, 3.05) is 13.7 Å². The van der Waals surface area contributed by atoms with Crippen molar-refractivity contribution in [2.45, 2.75) is 46.5 Å². The SMILES string of the molecule is COc1ccc2[nH]c(C[C@@H]3C[C@@H](C(C)C)[C@H](CNC(=O)C4CC4)C=C3C)nc2n1. The molecule has 156 valence electrons. The fourth-order valence-electron chi connectivity index (χ4n) is 4.58. The summed E-state index contributed by atoms with van der Waals surface area (Å²) in [5, 5.41) is 3.19. The molecule has 1 fully saturated rings. The molecule has 6 nitrogen and oxygen atoms in total. The Balaban J connectivity index is 1.47. The Morgan fingerprint density at radius 1 is 1.31 bits per heavy atom. The van der Waals surface area contributed by atoms with Crippen molar-refractivity contribution in [2.24, 2.45) is 29.6 Å². The molecule has 3 atom stereocenters. The Kier molecular flexibility index (Phi) is 5.61. The van der Waals surface area contributed by atoms with Gasteiger partial charge in [0.1, 0.15) is 5.82 Å². The summed E-state index contributed by atoms with van der Waals surface area (Å²) in [7, 11) is 1.62. The number of fused-ring (bicyclic) bond motifs is 1. The molecule has 2 aromatic heterocycles. The standard InChI is InChI=1S/C23H32N4O2/c1-13(2)18-10-16(14(3)9-17(18)12-24-23(28)15-5-6-15)11-20-25-19-7-8-21(29-4)27-22(19)26-20/h7-9,13,15-18H,5-6,10-12H2,1-4H3,(H,24,28)(H,25,26,27)/t16-,17-,18-/m0/s1. The Morgan fingerprint density at radius 3 is 2.79 bits per heavy atom. The summed E-state index contributed by atoms with van der Waals surface area (Å²) >= 11 is 0. The molecule has 2 aromatic rings. The van der Waals surface area contributed by atoms with E-state index in [1.165, 1.54) is 5.57 Å². The fraction of sp³-hybridized carbons (Fsp3) is 0.609. The number of aromatic nitrogens is 3. The zero-order chi connectivity index (χ0) is 20.5. The van der Waals surface area contributed by atoms with Crippen LogP contribution in [0.3, 0.4) is 0 Å². The van der Waals surface area contributed by atoms with Gasteiger partial charge in [0, 0.05) is 24.9 Å². The number of nitrogens with zero attached hydrogens (tertiary/aromatic N) is 2. The van der Waals surface area contributed by atoms with Gasteiger partial charge in [-0.2, -0.15) is 4.98 Å². The number of aromatic amines is 1. The highest BCUT2D eigenvalue weighted by Crippen LogP contribution is 2.39. The van der Waals surface area contributed by atoms with E-state index in [1.54, 1.807) is 7.11 Å². The Bertz CT molecular complexity index is 913. The average molecular weight is 397 g/mol. The number of carbonyl (C=O) groups excluding carboxylic acids is 1. The smallest absolute Gasteiger partial charge is 0.223 e. The third-order valence-corrected chi connectivity index (χ3v) is 6.56. The maximum absolute atomic E-state index is 12.1. The number of H-pyrrole nitrogens is 1. The molecule has 6 heteroatoms. The van der Waals surface area contributed by atoms with Crippen LogP contribution < -0.4 is 10.1 Å². The molecule has 0 aromatic carbocycles. The van der Waals surface area contributed by atoms with E-state index < -0.39 is 0 Å². The molecule has 0 saturated heterocycles. The second-order valence-corrected chi connectivity index (χ2v) is 9.05. The van der Waals surface area contributed by atoms with Gasteiger partial charge in [-0.15, -0.1) is 0 Å². The van der Waals surface area contributed by atoms with E-state index in [1.807, 2.05) is 12.1 Å². The first-order chi connectivity index (χ1) is 13.9. The first-order valence-electron chi connectivity index (χ1n) is 10.8. The number of imidazole rings is 1. The number of rotatable bonds is 7. The van der Waals surface area contributed by atoms with Gasteiger partial charge >= 0.3 is 0 Å². The normalized spacial score (nSPS) is 24.6. The topological polar surface area (TPSA) is 79.9 Å². The second-order valence-electron chi connectivity index (χ2n) is 9.05. The predicted molar refractivity (Wildman–Crippen MR) is 114 cm³/mol. The van der Waals surface area contributed by atoms with Crippen molar-refractivity contribution in [1.29, 1.82) is 0 Å². The lowest BCUT2D eigenvalue weighted by atomic mass is 9.69. The van der Waals surface area contributed by atoms with Crippen LogP contribution in [0.2, 0.25) is 0 Å². The predicted octanol–water partition coefficient (Wildman–Crippen LogP) is 3.89.